The number of amides is 1. The van der Waals surface area contributed by atoms with Gasteiger partial charge in [0.05, 0.1) is 12.2 Å². The number of fused-ring (bicyclic) bond motifs is 1. The van der Waals surface area contributed by atoms with Crippen molar-refractivity contribution >= 4 is 16.7 Å². The molecule has 2 N–H and O–H groups in total. The average molecular weight is 285 g/mol. The molecule has 1 amide bonds. The van der Waals surface area contributed by atoms with E-state index in [0.29, 0.717) is 18.1 Å². The maximum atomic E-state index is 12.4. The smallest absolute Gasteiger partial charge is 0.255 e. The van der Waals surface area contributed by atoms with Crippen molar-refractivity contribution in [3.05, 3.63) is 42.0 Å². The molecular formula is C17H19NO3. The molecular weight excluding hydrogens is 266 g/mol. The highest BCUT2D eigenvalue weighted by molar-refractivity contribution is 6.01. The number of hydrogen-bond donors (Lipinski definition) is 2. The Hall–Kier alpha value is -2.07. The Kier molecular flexibility index (Phi) is 3.80. The van der Waals surface area contributed by atoms with E-state index in [1.807, 2.05) is 31.2 Å². The van der Waals surface area contributed by atoms with Crippen molar-refractivity contribution < 1.29 is 14.6 Å². The fraction of sp³-hybridized carbons (Fsp3) is 0.353. The zero-order chi connectivity index (χ0) is 14.8. The number of aromatic hydroxyl groups is 1. The monoisotopic (exact) mass is 285 g/mol. The van der Waals surface area contributed by atoms with E-state index in [2.05, 4.69) is 5.32 Å². The Morgan fingerprint density at radius 3 is 2.71 bits per heavy atom. The highest BCUT2D eigenvalue weighted by atomic mass is 16.5. The summed E-state index contributed by atoms with van der Waals surface area (Å²) in [7, 11) is 0. The van der Waals surface area contributed by atoms with Crippen molar-refractivity contribution in [3.8, 4) is 5.75 Å². The van der Waals surface area contributed by atoms with Crippen molar-refractivity contribution in [2.45, 2.75) is 19.4 Å². The second-order valence-corrected chi connectivity index (χ2v) is 5.60. The van der Waals surface area contributed by atoms with E-state index in [9.17, 15) is 9.90 Å². The molecule has 0 saturated carbocycles. The Morgan fingerprint density at radius 2 is 2.05 bits per heavy atom. The van der Waals surface area contributed by atoms with Crippen molar-refractivity contribution in [2.75, 3.05) is 13.2 Å². The van der Waals surface area contributed by atoms with Gasteiger partial charge in [0, 0.05) is 18.6 Å². The topological polar surface area (TPSA) is 58.6 Å². The van der Waals surface area contributed by atoms with Gasteiger partial charge in [-0.3, -0.25) is 4.79 Å². The summed E-state index contributed by atoms with van der Waals surface area (Å²) in [6.07, 6.45) is 0.963. The van der Waals surface area contributed by atoms with Gasteiger partial charge in [-0.1, -0.05) is 24.3 Å². The SMILES string of the molecule is CC(NC(=O)c1cc2ccccc2cc1O)C1CCOC1. The molecule has 2 atom stereocenters. The Morgan fingerprint density at radius 1 is 1.33 bits per heavy atom. The number of carbonyl (C=O) groups is 1. The van der Waals surface area contributed by atoms with E-state index in [-0.39, 0.29) is 17.7 Å². The summed E-state index contributed by atoms with van der Waals surface area (Å²) in [4.78, 5) is 12.4. The van der Waals surface area contributed by atoms with Crippen molar-refractivity contribution in [3.63, 3.8) is 0 Å². The minimum Gasteiger partial charge on any atom is -0.507 e. The van der Waals surface area contributed by atoms with Crippen LogP contribution in [0.2, 0.25) is 0 Å². The predicted molar refractivity (Wildman–Crippen MR) is 81.5 cm³/mol. The Labute approximate surface area is 123 Å². The van der Waals surface area contributed by atoms with Crippen molar-refractivity contribution in [2.24, 2.45) is 5.92 Å². The van der Waals surface area contributed by atoms with E-state index in [0.717, 1.165) is 23.8 Å². The minimum absolute atomic E-state index is 0.0149. The molecule has 110 valence electrons. The van der Waals surface area contributed by atoms with Gasteiger partial charge in [-0.2, -0.15) is 0 Å². The largest absolute Gasteiger partial charge is 0.507 e. The molecule has 4 nitrogen and oxygen atoms in total. The van der Waals surface area contributed by atoms with Gasteiger partial charge in [-0.25, -0.2) is 0 Å². The number of phenolic OH excluding ortho intramolecular Hbond substituents is 1. The molecule has 0 bridgehead atoms. The number of carbonyl (C=O) groups excluding carboxylic acids is 1. The van der Waals surface area contributed by atoms with Crippen LogP contribution in [0.15, 0.2) is 36.4 Å². The van der Waals surface area contributed by atoms with Gasteiger partial charge in [0.25, 0.3) is 5.91 Å². The standard InChI is InChI=1S/C17H19NO3/c1-11(14-6-7-21-10-14)18-17(20)15-8-12-4-2-3-5-13(12)9-16(15)19/h2-5,8-9,11,14,19H,6-7,10H2,1H3,(H,18,20). The molecule has 1 heterocycles. The quantitative estimate of drug-likeness (QED) is 0.911. The van der Waals surface area contributed by atoms with Gasteiger partial charge in [-0.05, 0) is 36.2 Å². The summed E-state index contributed by atoms with van der Waals surface area (Å²) < 4.78 is 5.35. The molecule has 2 unspecified atom stereocenters. The lowest BCUT2D eigenvalue weighted by Crippen LogP contribution is -2.38. The van der Waals surface area contributed by atoms with Gasteiger partial charge < -0.3 is 15.2 Å². The third-order valence-electron chi connectivity index (χ3n) is 4.14. The lowest BCUT2D eigenvalue weighted by Gasteiger charge is -2.19. The third-order valence-corrected chi connectivity index (χ3v) is 4.14. The Balaban J connectivity index is 1.82. The van der Waals surface area contributed by atoms with Crippen molar-refractivity contribution in [1.29, 1.82) is 0 Å². The van der Waals surface area contributed by atoms with Crippen LogP contribution in [-0.2, 0) is 4.74 Å². The first-order chi connectivity index (χ1) is 10.1. The highest BCUT2D eigenvalue weighted by Crippen LogP contribution is 2.25. The van der Waals surface area contributed by atoms with Crippen LogP contribution in [0.5, 0.6) is 5.75 Å². The summed E-state index contributed by atoms with van der Waals surface area (Å²) in [6, 6.07) is 11.1. The van der Waals surface area contributed by atoms with Crippen LogP contribution in [0.4, 0.5) is 0 Å². The van der Waals surface area contributed by atoms with Crippen LogP contribution in [-0.4, -0.2) is 30.3 Å². The third kappa shape index (κ3) is 2.85. The molecule has 1 fully saturated rings. The number of phenols is 1. The molecule has 21 heavy (non-hydrogen) atoms. The second kappa shape index (κ2) is 5.74. The lowest BCUT2D eigenvalue weighted by molar-refractivity contribution is 0.0919. The molecule has 2 aromatic carbocycles. The number of rotatable bonds is 3. The number of hydrogen-bond acceptors (Lipinski definition) is 3. The average Bonchev–Trinajstić information content (AvgIpc) is 3.00. The highest BCUT2D eigenvalue weighted by Gasteiger charge is 2.24. The van der Waals surface area contributed by atoms with E-state index in [1.54, 1.807) is 12.1 Å². The first-order valence-electron chi connectivity index (χ1n) is 7.25. The van der Waals surface area contributed by atoms with E-state index >= 15 is 0 Å². The molecule has 1 aliphatic heterocycles. The predicted octanol–water partition coefficient (Wildman–Crippen LogP) is 2.70. The van der Waals surface area contributed by atoms with Crippen LogP contribution in [0.3, 0.4) is 0 Å². The zero-order valence-corrected chi connectivity index (χ0v) is 12.0. The number of nitrogens with one attached hydrogen (secondary N) is 1. The number of benzene rings is 2. The normalized spacial score (nSPS) is 19.6. The van der Waals surface area contributed by atoms with Crippen molar-refractivity contribution in [1.82, 2.24) is 5.32 Å². The van der Waals surface area contributed by atoms with E-state index in [4.69, 9.17) is 4.74 Å². The summed E-state index contributed by atoms with van der Waals surface area (Å²) >= 11 is 0. The molecule has 0 aliphatic carbocycles. The van der Waals surface area contributed by atoms with Gasteiger partial charge in [0.15, 0.2) is 0 Å². The Bertz CT molecular complexity index is 662. The first-order valence-corrected chi connectivity index (χ1v) is 7.25. The molecule has 4 heteroatoms. The van der Waals surface area contributed by atoms with Gasteiger partial charge in [-0.15, -0.1) is 0 Å². The summed E-state index contributed by atoms with van der Waals surface area (Å²) in [5.74, 6) is 0.121. The second-order valence-electron chi connectivity index (χ2n) is 5.60. The van der Waals surface area contributed by atoms with E-state index < -0.39 is 0 Å². The molecule has 3 rings (SSSR count). The molecule has 1 saturated heterocycles. The molecule has 2 aromatic rings. The van der Waals surface area contributed by atoms with Crippen LogP contribution in [0, 0.1) is 5.92 Å². The number of ether oxygens (including phenoxy) is 1. The summed E-state index contributed by atoms with van der Waals surface area (Å²) in [5.41, 5.74) is 0.319. The van der Waals surface area contributed by atoms with Crippen LogP contribution >= 0.6 is 0 Å². The maximum Gasteiger partial charge on any atom is 0.255 e. The molecule has 1 aliphatic rings. The summed E-state index contributed by atoms with van der Waals surface area (Å²) in [6.45, 7) is 3.42. The fourth-order valence-electron chi connectivity index (χ4n) is 2.76. The van der Waals surface area contributed by atoms with Gasteiger partial charge in [0.1, 0.15) is 5.75 Å². The first kappa shape index (κ1) is 13.9. The minimum atomic E-state index is -0.238. The molecule has 0 radical (unpaired) electrons. The summed E-state index contributed by atoms with van der Waals surface area (Å²) in [5, 5.41) is 14.9. The van der Waals surface area contributed by atoms with Gasteiger partial charge in [0.2, 0.25) is 0 Å². The fourth-order valence-corrected chi connectivity index (χ4v) is 2.76. The lowest BCUT2D eigenvalue weighted by atomic mass is 9.99. The molecule has 0 spiro atoms. The zero-order valence-electron chi connectivity index (χ0n) is 12.0. The van der Waals surface area contributed by atoms with Crippen LogP contribution in [0.1, 0.15) is 23.7 Å². The van der Waals surface area contributed by atoms with Gasteiger partial charge >= 0.3 is 0 Å². The van der Waals surface area contributed by atoms with Crippen LogP contribution < -0.4 is 5.32 Å². The maximum absolute atomic E-state index is 12.4. The molecule has 0 aromatic heterocycles. The van der Waals surface area contributed by atoms with E-state index in [1.165, 1.54) is 0 Å². The van der Waals surface area contributed by atoms with Crippen LogP contribution in [0.25, 0.3) is 10.8 Å².